The number of anilines is 2. The van der Waals surface area contributed by atoms with Crippen LogP contribution in [-0.4, -0.2) is 41.0 Å². The number of aliphatic carboxylic acids is 1. The molecule has 0 aliphatic carbocycles. The van der Waals surface area contributed by atoms with Gasteiger partial charge in [-0.05, 0) is 35.9 Å². The molecule has 1 aromatic heterocycles. The number of carboxylic acid groups (broad SMARTS) is 1. The molecule has 3 aromatic rings. The molecule has 0 fully saturated rings. The van der Waals surface area contributed by atoms with Crippen molar-refractivity contribution in [3.8, 4) is 11.5 Å². The van der Waals surface area contributed by atoms with Crippen LogP contribution in [0.25, 0.3) is 0 Å². The van der Waals surface area contributed by atoms with Crippen molar-refractivity contribution in [2.24, 2.45) is 0 Å². The predicted octanol–water partition coefficient (Wildman–Crippen LogP) is 3.79. The van der Waals surface area contributed by atoms with Crippen molar-refractivity contribution in [2.45, 2.75) is 6.04 Å². The lowest BCUT2D eigenvalue weighted by atomic mass is 10.0. The maximum atomic E-state index is 13.0. The second-order valence-corrected chi connectivity index (χ2v) is 7.32. The Labute approximate surface area is 188 Å². The van der Waals surface area contributed by atoms with Gasteiger partial charge in [-0.2, -0.15) is 5.10 Å². The minimum Gasteiger partial charge on any atom is -0.493 e. The van der Waals surface area contributed by atoms with Gasteiger partial charge in [0.25, 0.3) is 5.91 Å². The highest BCUT2D eigenvalue weighted by Crippen LogP contribution is 2.34. The van der Waals surface area contributed by atoms with Gasteiger partial charge in [0.15, 0.2) is 11.5 Å². The number of halogens is 1. The van der Waals surface area contributed by atoms with E-state index in [1.54, 1.807) is 47.1 Å². The molecule has 0 spiro atoms. The molecule has 10 heteroatoms. The molecule has 9 nitrogen and oxygen atoms in total. The van der Waals surface area contributed by atoms with E-state index >= 15 is 0 Å². The number of benzene rings is 2. The number of amides is 1. The number of carbonyl (C=O) groups is 2. The average molecular weight is 455 g/mol. The molecule has 1 atom stereocenters. The Bertz CT molecular complexity index is 1220. The smallest absolute Gasteiger partial charge is 0.352 e. The number of methoxy groups -OCH3 is 2. The number of aromatic nitrogens is 2. The van der Waals surface area contributed by atoms with Crippen LogP contribution in [0.2, 0.25) is 5.02 Å². The van der Waals surface area contributed by atoms with Crippen molar-refractivity contribution in [1.29, 1.82) is 0 Å². The first-order valence-corrected chi connectivity index (χ1v) is 9.87. The zero-order chi connectivity index (χ0) is 22.8. The Kier molecular flexibility index (Phi) is 5.74. The molecular formula is C22H19ClN4O5. The summed E-state index contributed by atoms with van der Waals surface area (Å²) < 4.78 is 12.0. The van der Waals surface area contributed by atoms with E-state index in [2.05, 4.69) is 15.7 Å². The maximum Gasteiger partial charge on any atom is 0.352 e. The van der Waals surface area contributed by atoms with E-state index in [0.29, 0.717) is 22.2 Å². The van der Waals surface area contributed by atoms with Crippen molar-refractivity contribution in [1.82, 2.24) is 9.78 Å². The van der Waals surface area contributed by atoms with Gasteiger partial charge in [-0.25, -0.2) is 9.48 Å². The lowest BCUT2D eigenvalue weighted by Gasteiger charge is -2.24. The monoisotopic (exact) mass is 454 g/mol. The fourth-order valence-corrected chi connectivity index (χ4v) is 3.52. The molecule has 1 amide bonds. The van der Waals surface area contributed by atoms with Gasteiger partial charge in [-0.1, -0.05) is 23.7 Å². The van der Waals surface area contributed by atoms with E-state index in [9.17, 15) is 14.7 Å². The van der Waals surface area contributed by atoms with Crippen LogP contribution in [0.4, 0.5) is 11.5 Å². The Hall–Kier alpha value is -3.98. The lowest BCUT2D eigenvalue weighted by Crippen LogP contribution is -2.25. The Balaban J connectivity index is 1.68. The molecule has 32 heavy (non-hydrogen) atoms. The summed E-state index contributed by atoms with van der Waals surface area (Å²) >= 11 is 5.98. The highest BCUT2D eigenvalue weighted by Gasteiger charge is 2.29. The summed E-state index contributed by atoms with van der Waals surface area (Å²) in [5.41, 5.74) is 1.38. The number of carbonyl (C=O) groups excluding carboxylic acids is 1. The van der Waals surface area contributed by atoms with Crippen LogP contribution in [0, 0.1) is 0 Å². The van der Waals surface area contributed by atoms with Gasteiger partial charge in [-0.15, -0.1) is 0 Å². The van der Waals surface area contributed by atoms with E-state index < -0.39 is 17.9 Å². The fourth-order valence-electron chi connectivity index (χ4n) is 3.40. The number of rotatable bonds is 6. The van der Waals surface area contributed by atoms with Crippen molar-refractivity contribution < 1.29 is 24.2 Å². The minimum atomic E-state index is -1.15. The Morgan fingerprint density at radius 3 is 2.50 bits per heavy atom. The van der Waals surface area contributed by atoms with Gasteiger partial charge in [0.1, 0.15) is 17.1 Å². The van der Waals surface area contributed by atoms with Gasteiger partial charge in [0, 0.05) is 16.8 Å². The van der Waals surface area contributed by atoms with Crippen LogP contribution in [0.3, 0.4) is 0 Å². The second-order valence-electron chi connectivity index (χ2n) is 6.88. The number of hydrogen-bond donors (Lipinski definition) is 3. The Morgan fingerprint density at radius 2 is 1.84 bits per heavy atom. The van der Waals surface area contributed by atoms with Gasteiger partial charge in [0.05, 0.1) is 26.5 Å². The highest BCUT2D eigenvalue weighted by molar-refractivity contribution is 6.30. The van der Waals surface area contributed by atoms with Gasteiger partial charge in [-0.3, -0.25) is 4.79 Å². The third-order valence-electron chi connectivity index (χ3n) is 4.96. The normalized spacial score (nSPS) is 14.6. The molecule has 3 N–H and O–H groups in total. The zero-order valence-electron chi connectivity index (χ0n) is 17.1. The predicted molar refractivity (Wildman–Crippen MR) is 119 cm³/mol. The first-order valence-electron chi connectivity index (χ1n) is 9.49. The number of carboxylic acids is 1. The molecule has 1 aliphatic rings. The lowest BCUT2D eigenvalue weighted by molar-refractivity contribution is -0.132. The Morgan fingerprint density at radius 1 is 1.12 bits per heavy atom. The largest absolute Gasteiger partial charge is 0.493 e. The molecule has 4 rings (SSSR count). The summed E-state index contributed by atoms with van der Waals surface area (Å²) in [5, 5.41) is 20.0. The van der Waals surface area contributed by atoms with Crippen molar-refractivity contribution >= 4 is 35.0 Å². The molecule has 0 radical (unpaired) electrons. The molecule has 1 aliphatic heterocycles. The van der Waals surface area contributed by atoms with E-state index in [4.69, 9.17) is 21.1 Å². The summed E-state index contributed by atoms with van der Waals surface area (Å²) in [7, 11) is 3.02. The van der Waals surface area contributed by atoms with Crippen LogP contribution in [0.15, 0.2) is 60.4 Å². The van der Waals surface area contributed by atoms with Gasteiger partial charge in [0.2, 0.25) is 0 Å². The van der Waals surface area contributed by atoms with Gasteiger partial charge < -0.3 is 25.2 Å². The number of hydrogen-bond acceptors (Lipinski definition) is 6. The van der Waals surface area contributed by atoms with Gasteiger partial charge >= 0.3 is 5.97 Å². The summed E-state index contributed by atoms with van der Waals surface area (Å²) in [5.74, 6) is -0.366. The first kappa shape index (κ1) is 21.3. The molecule has 2 heterocycles. The molecule has 0 unspecified atom stereocenters. The molecule has 164 valence electrons. The van der Waals surface area contributed by atoms with Crippen LogP contribution in [0.1, 0.15) is 22.0 Å². The van der Waals surface area contributed by atoms with E-state index in [1.165, 1.54) is 26.5 Å². The SMILES string of the molecule is COc1ccc(NC(=O)c2cnn3c2NC(C(=O)O)=C[C@@H]3c2ccc(Cl)cc2)cc1OC. The van der Waals surface area contributed by atoms with Crippen LogP contribution >= 0.6 is 11.6 Å². The fraction of sp³-hybridized carbons (Fsp3) is 0.136. The maximum absolute atomic E-state index is 13.0. The van der Waals surface area contributed by atoms with Crippen molar-refractivity contribution in [3.05, 3.63) is 76.6 Å². The van der Waals surface area contributed by atoms with Crippen molar-refractivity contribution in [2.75, 3.05) is 24.9 Å². The number of allylic oxidation sites excluding steroid dienone is 1. The summed E-state index contributed by atoms with van der Waals surface area (Å²) in [4.78, 5) is 24.7. The molecule has 0 saturated carbocycles. The molecule has 0 bridgehead atoms. The van der Waals surface area contributed by atoms with E-state index in [0.717, 1.165) is 5.56 Å². The zero-order valence-corrected chi connectivity index (χ0v) is 17.9. The minimum absolute atomic E-state index is 0.0573. The standard InChI is InChI=1S/C22H19ClN4O5/c1-31-18-8-7-14(9-19(18)32-2)25-21(28)15-11-24-27-17(12-3-5-13(23)6-4-12)10-16(22(29)30)26-20(15)27/h3-11,17,26H,1-2H3,(H,25,28)(H,29,30)/t17-/m1/s1. The first-order chi connectivity index (χ1) is 15.4. The molecular weight excluding hydrogens is 436 g/mol. The molecule has 2 aromatic carbocycles. The quantitative estimate of drug-likeness (QED) is 0.519. The summed E-state index contributed by atoms with van der Waals surface area (Å²) in [6.45, 7) is 0. The number of nitrogens with one attached hydrogen (secondary N) is 2. The third-order valence-corrected chi connectivity index (χ3v) is 5.22. The number of ether oxygens (including phenoxy) is 2. The highest BCUT2D eigenvalue weighted by atomic mass is 35.5. The average Bonchev–Trinajstić information content (AvgIpc) is 3.23. The second kappa shape index (κ2) is 8.64. The van der Waals surface area contributed by atoms with Crippen molar-refractivity contribution in [3.63, 3.8) is 0 Å². The third kappa shape index (κ3) is 3.97. The van der Waals surface area contributed by atoms with E-state index in [-0.39, 0.29) is 17.1 Å². The molecule has 0 saturated heterocycles. The van der Waals surface area contributed by atoms with Crippen LogP contribution < -0.4 is 20.1 Å². The topological polar surface area (TPSA) is 115 Å². The van der Waals surface area contributed by atoms with E-state index in [1.807, 2.05) is 0 Å². The van der Waals surface area contributed by atoms with Crippen LogP contribution in [0.5, 0.6) is 11.5 Å². The number of nitrogens with zero attached hydrogens (tertiary/aromatic N) is 2. The summed E-state index contributed by atoms with van der Waals surface area (Å²) in [6.07, 6.45) is 2.92. The summed E-state index contributed by atoms with van der Waals surface area (Å²) in [6, 6.07) is 11.4. The number of fused-ring (bicyclic) bond motifs is 1. The van der Waals surface area contributed by atoms with Crippen LogP contribution in [-0.2, 0) is 4.79 Å².